The topological polar surface area (TPSA) is 60.4 Å². The molecular formula is C11H21BFNO4+. The van der Waals surface area contributed by atoms with Crippen molar-refractivity contribution in [1.82, 2.24) is 0 Å². The first kappa shape index (κ1) is 16.9. The van der Waals surface area contributed by atoms with E-state index in [0.29, 0.717) is 6.54 Å². The molecule has 0 spiro atoms. The molecule has 103 valence electrons. The Bertz CT molecular complexity index is 275. The first-order chi connectivity index (χ1) is 9.06. The summed E-state index contributed by atoms with van der Waals surface area (Å²) < 4.78 is 26.0. The molecule has 1 radical (unpaired) electrons. The molecular weight excluding hydrogens is 240 g/mol. The molecule has 18 heavy (non-hydrogen) atoms. The van der Waals surface area contributed by atoms with Crippen LogP contribution in [0.1, 0.15) is 25.7 Å². The van der Waals surface area contributed by atoms with Gasteiger partial charge < -0.3 is 9.22 Å². The van der Waals surface area contributed by atoms with Crippen molar-refractivity contribution in [3.05, 3.63) is 0 Å². The molecule has 0 atom stereocenters. The number of carbonyl (C=O) groups excluding carboxylic acids is 2. The summed E-state index contributed by atoms with van der Waals surface area (Å²) in [6, 6.07) is 0. The Labute approximate surface area is 109 Å². The summed E-state index contributed by atoms with van der Waals surface area (Å²) in [4.78, 5) is 22.5. The zero-order valence-corrected chi connectivity index (χ0v) is 11.0. The Balaban J connectivity index is 0. The standard InChI is InChI=1S/C11H20NO3.BO.FH/c1-12(6-4-3-5-7-12)9-10(13)8-11(14)15-2;1-2;/h3-9H2,1-2H3;;1H/q+1;;/i/hD. The SMILES string of the molecule is COC(=O)CC(=O)C[N+]1(C)CCCCC1.[2H]F.[B]=O. The monoisotopic (exact) mass is 262 g/mol. The van der Waals surface area contributed by atoms with E-state index in [4.69, 9.17) is 9.42 Å². The van der Waals surface area contributed by atoms with Gasteiger partial charge >= 0.3 is 18.4 Å². The van der Waals surface area contributed by atoms with Gasteiger partial charge in [0, 0.05) is 0 Å². The van der Waals surface area contributed by atoms with Crippen molar-refractivity contribution >= 4 is 19.5 Å². The predicted octanol–water partition coefficient (Wildman–Crippen LogP) is 0.402. The minimum atomic E-state index is -0.427. The number of quaternary nitrogens is 1. The van der Waals surface area contributed by atoms with Crippen molar-refractivity contribution in [2.75, 3.05) is 33.8 Å². The summed E-state index contributed by atoms with van der Waals surface area (Å²) in [5.74, 6) is -0.435. The summed E-state index contributed by atoms with van der Waals surface area (Å²) in [5.41, 5.74) is 0. The fourth-order valence-corrected chi connectivity index (χ4v) is 2.15. The van der Waals surface area contributed by atoms with Crippen molar-refractivity contribution < 1.29 is 28.2 Å². The number of Topliss-reactive ketones (excluding diaryl/α,β-unsaturated/α-hetero) is 1. The molecule has 0 unspecified atom stereocenters. The van der Waals surface area contributed by atoms with Gasteiger partial charge in [0.25, 0.3) is 1.45 Å². The van der Waals surface area contributed by atoms with Gasteiger partial charge in [-0.3, -0.25) is 14.3 Å². The van der Waals surface area contributed by atoms with E-state index in [9.17, 15) is 9.59 Å². The number of likely N-dealkylation sites (tertiary alicyclic amines) is 1. The molecule has 0 saturated carbocycles. The number of ketones is 1. The van der Waals surface area contributed by atoms with Crippen LogP contribution < -0.4 is 0 Å². The molecule has 5 nitrogen and oxygen atoms in total. The van der Waals surface area contributed by atoms with Crippen molar-refractivity contribution in [3.63, 3.8) is 0 Å². The third kappa shape index (κ3) is 7.27. The van der Waals surface area contributed by atoms with Gasteiger partial charge in [-0.25, -0.2) is 0 Å². The van der Waals surface area contributed by atoms with E-state index in [2.05, 4.69) is 21.0 Å². The number of nitrogens with zero attached hydrogens (tertiary/aromatic N) is 1. The Morgan fingerprint density at radius 2 is 1.78 bits per heavy atom. The molecule has 1 rings (SSSR count). The summed E-state index contributed by atoms with van der Waals surface area (Å²) in [6.07, 6.45) is 3.55. The molecule has 0 bridgehead atoms. The van der Waals surface area contributed by atoms with Crippen LogP contribution in [0, 0.1) is 0 Å². The average molecular weight is 262 g/mol. The first-order valence-electron chi connectivity index (χ1n) is 6.09. The second-order valence-corrected chi connectivity index (χ2v) is 4.58. The molecule has 0 aromatic carbocycles. The number of hydrogen-bond donors (Lipinski definition) is 0. The third-order valence-corrected chi connectivity index (χ3v) is 3.02. The van der Waals surface area contributed by atoms with E-state index in [1.807, 2.05) is 0 Å². The van der Waals surface area contributed by atoms with Crippen LogP contribution in [0.5, 0.6) is 0 Å². The number of hydrogen-bond acceptors (Lipinski definition) is 4. The van der Waals surface area contributed by atoms with Crippen LogP contribution in [0.25, 0.3) is 0 Å². The number of carbonyl (C=O) groups is 2. The molecule has 0 amide bonds. The van der Waals surface area contributed by atoms with Crippen molar-refractivity contribution in [2.45, 2.75) is 25.7 Å². The Kier molecular flexibility index (Phi) is 9.27. The van der Waals surface area contributed by atoms with Crippen molar-refractivity contribution in [2.24, 2.45) is 0 Å². The summed E-state index contributed by atoms with van der Waals surface area (Å²) in [5, 5.41) is 0. The van der Waals surface area contributed by atoms with Gasteiger partial charge in [0.1, 0.15) is 13.0 Å². The molecule has 1 aliphatic rings. The van der Waals surface area contributed by atoms with E-state index in [0.717, 1.165) is 17.6 Å². The van der Waals surface area contributed by atoms with Crippen LogP contribution >= 0.6 is 0 Å². The maximum atomic E-state index is 11.6. The summed E-state index contributed by atoms with van der Waals surface area (Å²) >= 11 is 0. The molecule has 0 aromatic heterocycles. The zero-order valence-electron chi connectivity index (χ0n) is 12.0. The summed E-state index contributed by atoms with van der Waals surface area (Å²) in [6.45, 7) is 2.56. The number of rotatable bonds is 4. The minimum absolute atomic E-state index is 0.00810. The van der Waals surface area contributed by atoms with E-state index in [1.165, 1.54) is 26.4 Å². The van der Waals surface area contributed by atoms with Crippen molar-refractivity contribution in [3.8, 4) is 0 Å². The van der Waals surface area contributed by atoms with E-state index >= 15 is 0 Å². The van der Waals surface area contributed by atoms with Crippen LogP contribution in [0.2, 0.25) is 0 Å². The van der Waals surface area contributed by atoms with Gasteiger partial charge in [-0.1, -0.05) is 0 Å². The molecule has 1 fully saturated rings. The second-order valence-electron chi connectivity index (χ2n) is 4.58. The molecule has 0 N–H and O–H groups in total. The van der Waals surface area contributed by atoms with Gasteiger partial charge in [0.05, 0.1) is 27.2 Å². The van der Waals surface area contributed by atoms with Crippen LogP contribution in [0.15, 0.2) is 0 Å². The second kappa shape index (κ2) is 9.88. The van der Waals surface area contributed by atoms with Gasteiger partial charge in [-0.15, -0.1) is 0 Å². The van der Waals surface area contributed by atoms with Crippen LogP contribution in [-0.4, -0.2) is 59.2 Å². The number of likely N-dealkylation sites (N-methyl/N-ethyl adjacent to an activating group) is 1. The normalized spacial score (nSPS) is 16.9. The molecule has 1 aliphatic heterocycles. The fraction of sp³-hybridized carbons (Fsp3) is 0.818. The van der Waals surface area contributed by atoms with Gasteiger partial charge in [0.15, 0.2) is 5.78 Å². The number of methoxy groups -OCH3 is 1. The van der Waals surface area contributed by atoms with Crippen LogP contribution in [0.4, 0.5) is 4.72 Å². The fourth-order valence-electron chi connectivity index (χ4n) is 2.15. The van der Waals surface area contributed by atoms with Crippen molar-refractivity contribution in [1.29, 1.82) is 1.45 Å². The maximum absolute atomic E-state index is 11.6. The summed E-state index contributed by atoms with van der Waals surface area (Å²) in [7, 11) is 6.65. The Morgan fingerprint density at radius 1 is 1.28 bits per heavy atom. The third-order valence-electron chi connectivity index (χ3n) is 3.02. The van der Waals surface area contributed by atoms with Gasteiger partial charge in [0.2, 0.25) is 0 Å². The quantitative estimate of drug-likeness (QED) is 0.318. The number of piperidine rings is 1. The number of esters is 1. The Morgan fingerprint density at radius 3 is 2.22 bits per heavy atom. The molecule has 1 heterocycles. The molecule has 0 aromatic rings. The van der Waals surface area contributed by atoms with Crippen LogP contribution in [0.3, 0.4) is 0 Å². The molecule has 1 saturated heterocycles. The van der Waals surface area contributed by atoms with Gasteiger partial charge in [-0.05, 0) is 19.3 Å². The predicted molar refractivity (Wildman–Crippen MR) is 65.2 cm³/mol. The number of halogens is 1. The van der Waals surface area contributed by atoms with Crippen LogP contribution in [-0.2, 0) is 19.0 Å². The zero-order chi connectivity index (χ0) is 15.3. The van der Waals surface area contributed by atoms with E-state index < -0.39 is 5.97 Å². The Hall–Kier alpha value is -1.11. The van der Waals surface area contributed by atoms with Gasteiger partial charge in [-0.2, -0.15) is 0 Å². The average Bonchev–Trinajstić information content (AvgIpc) is 2.43. The molecule has 7 heteroatoms. The number of ether oxygens (including phenoxy) is 1. The molecule has 0 aliphatic carbocycles. The van der Waals surface area contributed by atoms with E-state index in [-0.39, 0.29) is 12.2 Å². The first-order valence-corrected chi connectivity index (χ1v) is 5.71. The van der Waals surface area contributed by atoms with E-state index in [1.54, 1.807) is 0 Å².